The third-order valence-electron chi connectivity index (χ3n) is 5.15. The number of phenols is 3. The minimum absolute atomic E-state index is 0.0646. The maximum absolute atomic E-state index is 11.8. The van der Waals surface area contributed by atoms with Crippen molar-refractivity contribution in [3.8, 4) is 17.2 Å². The zero-order valence-electron chi connectivity index (χ0n) is 20.7. The Morgan fingerprint density at radius 1 is 0.795 bits per heavy atom. The standard InChI is InChI=1S/C15H12Br2O4.C9H11NO3.C3H6O2/c16-13(9-1-5-11(18)6-2-9)15(17,14(20)21)10-3-7-12(19)8-4-10;10-8(9(12)13)5-6-1-3-7(11)4-2-6;1-2-3(4)5/h1-8,13,18-19H,(H,20,21);1-4,8,11H,5,10H2,(H,12,13);2H2,1H3,(H,4,5)/t;8-;/m.0./s1. The van der Waals surface area contributed by atoms with Crippen molar-refractivity contribution in [2.24, 2.45) is 5.73 Å². The number of hydrogen-bond acceptors (Lipinski definition) is 7. The highest BCUT2D eigenvalue weighted by atomic mass is 79.9. The fourth-order valence-corrected chi connectivity index (χ4v) is 4.22. The van der Waals surface area contributed by atoms with Gasteiger partial charge < -0.3 is 36.4 Å². The molecule has 3 aromatic rings. The van der Waals surface area contributed by atoms with E-state index in [1.807, 2.05) is 0 Å². The molecule has 0 saturated carbocycles. The van der Waals surface area contributed by atoms with Crippen molar-refractivity contribution < 1.29 is 45.0 Å². The summed E-state index contributed by atoms with van der Waals surface area (Å²) in [6.07, 6.45) is 0.496. The van der Waals surface area contributed by atoms with Crippen LogP contribution in [0.2, 0.25) is 0 Å². The van der Waals surface area contributed by atoms with Crippen LogP contribution in [0.25, 0.3) is 0 Å². The van der Waals surface area contributed by atoms with Crippen LogP contribution in [0.4, 0.5) is 0 Å². The Balaban J connectivity index is 0.000000359. The second-order valence-electron chi connectivity index (χ2n) is 8.08. The maximum atomic E-state index is 11.8. The number of carbonyl (C=O) groups is 3. The van der Waals surface area contributed by atoms with Gasteiger partial charge in [0.05, 0.1) is 4.83 Å². The Bertz CT molecular complexity index is 1220. The average Bonchev–Trinajstić information content (AvgIpc) is 2.90. The highest BCUT2D eigenvalue weighted by Gasteiger charge is 2.45. The zero-order chi connectivity index (χ0) is 29.8. The van der Waals surface area contributed by atoms with Crippen molar-refractivity contribution >= 4 is 49.8 Å². The van der Waals surface area contributed by atoms with E-state index in [0.717, 1.165) is 5.56 Å². The largest absolute Gasteiger partial charge is 0.508 e. The smallest absolute Gasteiger partial charge is 0.326 e. The summed E-state index contributed by atoms with van der Waals surface area (Å²) in [5, 5.41) is 53.5. The number of carboxylic acid groups (broad SMARTS) is 3. The third kappa shape index (κ3) is 10.6. The molecule has 0 aliphatic heterocycles. The first-order valence-corrected chi connectivity index (χ1v) is 13.1. The summed E-state index contributed by atoms with van der Waals surface area (Å²) in [6.45, 7) is 1.60. The molecule has 12 heteroatoms. The molecule has 0 amide bonds. The second-order valence-corrected chi connectivity index (χ2v) is 10.2. The van der Waals surface area contributed by atoms with Gasteiger partial charge in [0.2, 0.25) is 0 Å². The van der Waals surface area contributed by atoms with Gasteiger partial charge in [-0.3, -0.25) is 14.4 Å². The van der Waals surface area contributed by atoms with E-state index >= 15 is 0 Å². The van der Waals surface area contributed by atoms with Crippen molar-refractivity contribution in [1.82, 2.24) is 0 Å². The molecular formula is C27H29Br2NO9. The van der Waals surface area contributed by atoms with Gasteiger partial charge in [0.25, 0.3) is 0 Å². The molecule has 0 fully saturated rings. The molecule has 0 aliphatic carbocycles. The number of phenolic OH excluding ortho intramolecular Hbond substituents is 3. The van der Waals surface area contributed by atoms with Crippen LogP contribution in [0.1, 0.15) is 34.9 Å². The maximum Gasteiger partial charge on any atom is 0.326 e. The number of nitrogens with two attached hydrogens (primary N) is 1. The lowest BCUT2D eigenvalue weighted by molar-refractivity contribution is -0.140. The average molecular weight is 671 g/mol. The Kier molecular flexibility index (Phi) is 13.5. The van der Waals surface area contributed by atoms with Crippen molar-refractivity contribution in [1.29, 1.82) is 0 Å². The van der Waals surface area contributed by atoms with Crippen molar-refractivity contribution in [2.75, 3.05) is 0 Å². The van der Waals surface area contributed by atoms with Crippen LogP contribution < -0.4 is 5.73 Å². The minimum Gasteiger partial charge on any atom is -0.508 e. The number of alkyl halides is 2. The minimum atomic E-state index is -1.41. The van der Waals surface area contributed by atoms with Crippen molar-refractivity contribution in [2.45, 2.75) is 35.0 Å². The third-order valence-corrected chi connectivity index (χ3v) is 8.23. The predicted molar refractivity (Wildman–Crippen MR) is 151 cm³/mol. The topological polar surface area (TPSA) is 199 Å². The van der Waals surface area contributed by atoms with E-state index in [9.17, 15) is 29.7 Å². The van der Waals surface area contributed by atoms with Gasteiger partial charge in [-0.1, -0.05) is 75.2 Å². The molecule has 0 spiro atoms. The molecule has 0 radical (unpaired) electrons. The molecule has 0 bridgehead atoms. The number of hydrogen-bond donors (Lipinski definition) is 7. The van der Waals surface area contributed by atoms with Crippen molar-refractivity contribution in [3.05, 3.63) is 89.5 Å². The van der Waals surface area contributed by atoms with Crippen LogP contribution in [-0.4, -0.2) is 54.6 Å². The second kappa shape index (κ2) is 15.7. The highest BCUT2D eigenvalue weighted by molar-refractivity contribution is 9.12. The van der Waals surface area contributed by atoms with Crippen LogP contribution >= 0.6 is 31.9 Å². The number of aromatic hydroxyl groups is 3. The number of carboxylic acids is 3. The molecule has 39 heavy (non-hydrogen) atoms. The molecule has 8 N–H and O–H groups in total. The van der Waals surface area contributed by atoms with Gasteiger partial charge in [-0.2, -0.15) is 0 Å². The fraction of sp³-hybridized carbons (Fsp3) is 0.222. The summed E-state index contributed by atoms with van der Waals surface area (Å²) < 4.78 is -1.41. The van der Waals surface area contributed by atoms with Crippen LogP contribution in [0.3, 0.4) is 0 Å². The van der Waals surface area contributed by atoms with Gasteiger partial charge in [-0.25, -0.2) is 0 Å². The highest BCUT2D eigenvalue weighted by Crippen LogP contribution is 2.49. The quantitative estimate of drug-likeness (QED) is 0.164. The zero-order valence-corrected chi connectivity index (χ0v) is 23.9. The fourth-order valence-electron chi connectivity index (χ4n) is 2.93. The summed E-state index contributed by atoms with van der Waals surface area (Å²) in [6, 6.07) is 17.7. The Morgan fingerprint density at radius 3 is 1.54 bits per heavy atom. The van der Waals surface area contributed by atoms with E-state index in [1.165, 1.54) is 36.4 Å². The number of halogens is 2. The molecule has 0 aliphatic rings. The lowest BCUT2D eigenvalue weighted by Crippen LogP contribution is -2.33. The first kappa shape index (κ1) is 33.4. The Morgan fingerprint density at radius 2 is 1.18 bits per heavy atom. The molecule has 0 aromatic heterocycles. The van der Waals surface area contributed by atoms with E-state index in [0.29, 0.717) is 11.1 Å². The molecule has 10 nitrogen and oxygen atoms in total. The summed E-state index contributed by atoms with van der Waals surface area (Å²) in [7, 11) is 0. The predicted octanol–water partition coefficient (Wildman–Crippen LogP) is 4.74. The molecule has 0 saturated heterocycles. The lowest BCUT2D eigenvalue weighted by atomic mass is 9.91. The molecule has 210 valence electrons. The first-order chi connectivity index (χ1) is 18.2. The Hall–Kier alpha value is -3.61. The molecule has 3 atom stereocenters. The van der Waals surface area contributed by atoms with Gasteiger partial charge in [0, 0.05) is 6.42 Å². The summed E-state index contributed by atoms with van der Waals surface area (Å²) in [5.41, 5.74) is 7.31. The molecular weight excluding hydrogens is 642 g/mol. The van der Waals surface area contributed by atoms with Crippen LogP contribution in [0.5, 0.6) is 17.2 Å². The summed E-state index contributed by atoms with van der Waals surface area (Å²) in [5.74, 6) is -2.50. The van der Waals surface area contributed by atoms with Crippen LogP contribution in [-0.2, 0) is 25.1 Å². The monoisotopic (exact) mass is 669 g/mol. The molecule has 3 rings (SSSR count). The number of aliphatic carboxylic acids is 3. The van der Waals surface area contributed by atoms with Crippen LogP contribution in [0.15, 0.2) is 72.8 Å². The van der Waals surface area contributed by atoms with Gasteiger partial charge in [-0.05, 0) is 59.5 Å². The van der Waals surface area contributed by atoms with E-state index in [-0.39, 0.29) is 30.1 Å². The van der Waals surface area contributed by atoms with Gasteiger partial charge in [-0.15, -0.1) is 0 Å². The number of benzene rings is 3. The summed E-state index contributed by atoms with van der Waals surface area (Å²) in [4.78, 5) is 31.0. The van der Waals surface area contributed by atoms with Gasteiger partial charge >= 0.3 is 17.9 Å². The van der Waals surface area contributed by atoms with E-state index in [1.54, 1.807) is 43.3 Å². The lowest BCUT2D eigenvalue weighted by Gasteiger charge is -2.29. The Labute approximate surface area is 241 Å². The number of rotatable bonds is 8. The van der Waals surface area contributed by atoms with Crippen LogP contribution in [0, 0.1) is 0 Å². The van der Waals surface area contributed by atoms with Gasteiger partial charge in [0.15, 0.2) is 4.32 Å². The van der Waals surface area contributed by atoms with Crippen molar-refractivity contribution in [3.63, 3.8) is 0 Å². The van der Waals surface area contributed by atoms with Gasteiger partial charge in [0.1, 0.15) is 23.3 Å². The molecule has 3 aromatic carbocycles. The molecule has 2 unspecified atom stereocenters. The first-order valence-electron chi connectivity index (χ1n) is 11.3. The van der Waals surface area contributed by atoms with E-state index in [4.69, 9.17) is 21.1 Å². The summed E-state index contributed by atoms with van der Waals surface area (Å²) >= 11 is 6.73. The normalized spacial score (nSPS) is 13.2. The van der Waals surface area contributed by atoms with E-state index < -0.39 is 33.1 Å². The molecule has 0 heterocycles. The van der Waals surface area contributed by atoms with E-state index in [2.05, 4.69) is 31.9 Å². The SMILES string of the molecule is CCC(=O)O.N[C@@H](Cc1ccc(O)cc1)C(=O)O.O=C(O)C(Br)(c1ccc(O)cc1)C(Br)c1ccc(O)cc1.